The van der Waals surface area contributed by atoms with Gasteiger partial charge in [0.05, 0.1) is 12.5 Å². The fourth-order valence-electron chi connectivity index (χ4n) is 1.15. The second-order valence-electron chi connectivity index (χ2n) is 3.08. The molecule has 0 aromatic heterocycles. The van der Waals surface area contributed by atoms with Gasteiger partial charge in [-0.3, -0.25) is 4.79 Å². The van der Waals surface area contributed by atoms with Gasteiger partial charge in [0.1, 0.15) is 0 Å². The zero-order chi connectivity index (χ0) is 11.4. The van der Waals surface area contributed by atoms with Gasteiger partial charge in [0.25, 0.3) is 6.43 Å². The van der Waals surface area contributed by atoms with Crippen molar-refractivity contribution in [3.05, 3.63) is 35.4 Å². The summed E-state index contributed by atoms with van der Waals surface area (Å²) in [6.45, 7) is 0. The molecular weight excluding hydrogens is 206 g/mol. The number of hydrogen-bond donors (Lipinski definition) is 2. The lowest BCUT2D eigenvalue weighted by molar-refractivity contribution is -0.139. The van der Waals surface area contributed by atoms with Gasteiger partial charge in [-0.25, -0.2) is 8.78 Å². The number of carboxylic acid groups (broad SMARTS) is 1. The summed E-state index contributed by atoms with van der Waals surface area (Å²) in [5, 5.41) is 17.8. The van der Waals surface area contributed by atoms with Gasteiger partial charge in [-0.15, -0.1) is 0 Å². The second kappa shape index (κ2) is 4.84. The van der Waals surface area contributed by atoms with E-state index in [2.05, 4.69) is 0 Å². The van der Waals surface area contributed by atoms with Crippen molar-refractivity contribution >= 4 is 5.97 Å². The van der Waals surface area contributed by atoms with Crippen LogP contribution in [-0.2, 0) is 4.79 Å². The molecule has 5 heteroatoms. The first-order chi connectivity index (χ1) is 7.00. The molecule has 0 heterocycles. The highest BCUT2D eigenvalue weighted by atomic mass is 19.3. The van der Waals surface area contributed by atoms with Crippen molar-refractivity contribution in [1.29, 1.82) is 0 Å². The highest BCUT2D eigenvalue weighted by Gasteiger charge is 2.13. The largest absolute Gasteiger partial charge is 0.481 e. The molecule has 0 aliphatic rings. The molecule has 1 atom stereocenters. The molecule has 0 spiro atoms. The highest BCUT2D eigenvalue weighted by Crippen LogP contribution is 2.22. The Bertz CT molecular complexity index is 335. The summed E-state index contributed by atoms with van der Waals surface area (Å²) in [5.41, 5.74) is 0.170. The number of aliphatic hydroxyl groups is 1. The first-order valence-corrected chi connectivity index (χ1v) is 4.28. The van der Waals surface area contributed by atoms with Crippen molar-refractivity contribution in [3.63, 3.8) is 0 Å². The Morgan fingerprint density at radius 2 is 1.67 bits per heavy atom. The van der Waals surface area contributed by atoms with Crippen molar-refractivity contribution in [2.75, 3.05) is 0 Å². The van der Waals surface area contributed by atoms with Crippen LogP contribution in [0.15, 0.2) is 24.3 Å². The van der Waals surface area contributed by atoms with Gasteiger partial charge in [-0.05, 0) is 5.56 Å². The van der Waals surface area contributed by atoms with Crippen LogP contribution < -0.4 is 0 Å². The van der Waals surface area contributed by atoms with Crippen molar-refractivity contribution in [3.8, 4) is 0 Å². The number of halogens is 2. The van der Waals surface area contributed by atoms with Gasteiger partial charge >= 0.3 is 5.97 Å². The van der Waals surface area contributed by atoms with Gasteiger partial charge in [0.15, 0.2) is 0 Å². The summed E-state index contributed by atoms with van der Waals surface area (Å²) < 4.78 is 24.3. The maximum absolute atomic E-state index is 12.2. The Balaban J connectivity index is 2.75. The van der Waals surface area contributed by atoms with Crippen LogP contribution in [0.2, 0.25) is 0 Å². The average Bonchev–Trinajstić information content (AvgIpc) is 2.17. The van der Waals surface area contributed by atoms with Crippen LogP contribution in [0.25, 0.3) is 0 Å². The molecule has 1 unspecified atom stereocenters. The van der Waals surface area contributed by atoms with E-state index in [0.717, 1.165) is 0 Å². The number of carboxylic acids is 1. The van der Waals surface area contributed by atoms with E-state index in [1.807, 2.05) is 0 Å². The lowest BCUT2D eigenvalue weighted by atomic mass is 10.0. The fraction of sp³-hybridized carbons (Fsp3) is 0.300. The minimum absolute atomic E-state index is 0.152. The summed E-state index contributed by atoms with van der Waals surface area (Å²) in [7, 11) is 0. The first-order valence-electron chi connectivity index (χ1n) is 4.28. The monoisotopic (exact) mass is 216 g/mol. The maximum atomic E-state index is 12.2. The van der Waals surface area contributed by atoms with Crippen LogP contribution in [0.4, 0.5) is 8.78 Å². The molecule has 1 aromatic carbocycles. The van der Waals surface area contributed by atoms with E-state index in [0.29, 0.717) is 5.56 Å². The standard InChI is InChI=1S/C10H10F2O3/c11-10(12)7-3-1-6(2-4-7)8(13)5-9(14)15/h1-4,8,10,13H,5H2,(H,14,15). The highest BCUT2D eigenvalue weighted by molar-refractivity contribution is 5.67. The first kappa shape index (κ1) is 11.6. The summed E-state index contributed by atoms with van der Waals surface area (Å²) in [5.74, 6) is -1.14. The van der Waals surface area contributed by atoms with Crippen LogP contribution in [0.1, 0.15) is 30.1 Å². The molecule has 0 amide bonds. The molecule has 15 heavy (non-hydrogen) atoms. The molecule has 0 aliphatic carbocycles. The van der Waals surface area contributed by atoms with E-state index >= 15 is 0 Å². The number of aliphatic hydroxyl groups excluding tert-OH is 1. The number of carbonyl (C=O) groups is 1. The maximum Gasteiger partial charge on any atom is 0.306 e. The lowest BCUT2D eigenvalue weighted by Crippen LogP contribution is -2.05. The summed E-state index contributed by atoms with van der Waals surface area (Å²) in [6, 6.07) is 4.94. The van der Waals surface area contributed by atoms with E-state index < -0.39 is 24.9 Å². The third-order valence-electron chi connectivity index (χ3n) is 1.94. The number of aliphatic carboxylic acids is 1. The van der Waals surface area contributed by atoms with Crippen molar-refractivity contribution in [2.45, 2.75) is 19.0 Å². The zero-order valence-corrected chi connectivity index (χ0v) is 7.73. The molecule has 82 valence electrons. The molecule has 1 aromatic rings. The van der Waals surface area contributed by atoms with Gasteiger partial charge in [0.2, 0.25) is 0 Å². The molecule has 0 saturated heterocycles. The predicted octanol–water partition coefficient (Wildman–Crippen LogP) is 2.13. The third-order valence-corrected chi connectivity index (χ3v) is 1.94. The number of hydrogen-bond acceptors (Lipinski definition) is 2. The van der Waals surface area contributed by atoms with Crippen molar-refractivity contribution < 1.29 is 23.8 Å². The number of rotatable bonds is 4. The molecule has 1 rings (SSSR count). The lowest BCUT2D eigenvalue weighted by Gasteiger charge is -2.08. The molecule has 0 fully saturated rings. The van der Waals surface area contributed by atoms with E-state index in [1.165, 1.54) is 24.3 Å². The van der Waals surface area contributed by atoms with Crippen LogP contribution in [0.3, 0.4) is 0 Å². The van der Waals surface area contributed by atoms with E-state index in [9.17, 15) is 18.7 Å². The van der Waals surface area contributed by atoms with Gasteiger partial charge in [-0.1, -0.05) is 24.3 Å². The molecule has 0 saturated carbocycles. The zero-order valence-electron chi connectivity index (χ0n) is 7.73. The third kappa shape index (κ3) is 3.28. The van der Waals surface area contributed by atoms with Gasteiger partial charge in [-0.2, -0.15) is 0 Å². The van der Waals surface area contributed by atoms with Crippen LogP contribution in [-0.4, -0.2) is 16.2 Å². The van der Waals surface area contributed by atoms with E-state index in [1.54, 1.807) is 0 Å². The Hall–Kier alpha value is -1.49. The smallest absolute Gasteiger partial charge is 0.306 e. The van der Waals surface area contributed by atoms with Gasteiger partial charge < -0.3 is 10.2 Å². The minimum atomic E-state index is -2.56. The normalized spacial score (nSPS) is 12.8. The SMILES string of the molecule is O=C(O)CC(O)c1ccc(C(F)F)cc1. The minimum Gasteiger partial charge on any atom is -0.481 e. The second-order valence-corrected chi connectivity index (χ2v) is 3.08. The molecule has 0 bridgehead atoms. The predicted molar refractivity (Wildman–Crippen MR) is 48.6 cm³/mol. The van der Waals surface area contributed by atoms with Crippen LogP contribution in [0, 0.1) is 0 Å². The van der Waals surface area contributed by atoms with Crippen LogP contribution >= 0.6 is 0 Å². The van der Waals surface area contributed by atoms with E-state index in [4.69, 9.17) is 5.11 Å². The quantitative estimate of drug-likeness (QED) is 0.810. The summed E-state index contributed by atoms with van der Waals surface area (Å²) in [6.07, 6.45) is -4.15. The molecule has 0 aliphatic heterocycles. The Kier molecular flexibility index (Phi) is 3.74. The van der Waals surface area contributed by atoms with Crippen molar-refractivity contribution in [2.24, 2.45) is 0 Å². The molecule has 2 N–H and O–H groups in total. The van der Waals surface area contributed by atoms with Crippen molar-refractivity contribution in [1.82, 2.24) is 0 Å². The Morgan fingerprint density at radius 3 is 2.07 bits per heavy atom. The Labute approximate surface area is 85.0 Å². The summed E-state index contributed by atoms with van der Waals surface area (Å²) >= 11 is 0. The fourth-order valence-corrected chi connectivity index (χ4v) is 1.15. The topological polar surface area (TPSA) is 57.5 Å². The van der Waals surface area contributed by atoms with Crippen LogP contribution in [0.5, 0.6) is 0 Å². The van der Waals surface area contributed by atoms with Gasteiger partial charge in [0, 0.05) is 5.56 Å². The van der Waals surface area contributed by atoms with E-state index in [-0.39, 0.29) is 5.56 Å². The number of benzene rings is 1. The average molecular weight is 216 g/mol. The molecule has 3 nitrogen and oxygen atoms in total. The number of alkyl halides is 2. The Morgan fingerprint density at radius 1 is 1.20 bits per heavy atom. The summed E-state index contributed by atoms with van der Waals surface area (Å²) in [4.78, 5) is 10.3. The molecular formula is C10H10F2O3. The molecule has 0 radical (unpaired) electrons.